The van der Waals surface area contributed by atoms with Crippen LogP contribution < -0.4 is 11.5 Å². The monoisotopic (exact) mass is 287 g/mol. The lowest BCUT2D eigenvalue weighted by Gasteiger charge is -2.21. The Labute approximate surface area is 111 Å². The van der Waals surface area contributed by atoms with Gasteiger partial charge >= 0.3 is 0 Å². The van der Waals surface area contributed by atoms with Gasteiger partial charge in [-0.25, -0.2) is 13.4 Å². The van der Waals surface area contributed by atoms with Crippen molar-refractivity contribution in [3.05, 3.63) is 6.33 Å². The van der Waals surface area contributed by atoms with Gasteiger partial charge in [-0.05, 0) is 13.3 Å². The van der Waals surface area contributed by atoms with Crippen LogP contribution in [-0.2, 0) is 21.9 Å². The molecular formula is C10H17N5O3S. The molecule has 1 aromatic heterocycles. The number of hydrogen-bond donors (Lipinski definition) is 2. The van der Waals surface area contributed by atoms with Gasteiger partial charge in [0.2, 0.25) is 5.91 Å². The second kappa shape index (κ2) is 4.20. The number of primary amides is 1. The second-order valence-electron chi connectivity index (χ2n) is 5.06. The smallest absolute Gasteiger partial charge is 0.262 e. The predicted octanol–water partition coefficient (Wildman–Crippen LogP) is -1.11. The zero-order valence-electron chi connectivity index (χ0n) is 10.8. The first-order chi connectivity index (χ1) is 8.68. The minimum atomic E-state index is -3.76. The number of imidazole rings is 1. The normalized spacial score (nSPS) is 24.7. The minimum absolute atomic E-state index is 0.0461. The number of amides is 1. The molecule has 1 saturated heterocycles. The van der Waals surface area contributed by atoms with Crippen LogP contribution in [0.1, 0.15) is 13.3 Å². The van der Waals surface area contributed by atoms with E-state index in [0.29, 0.717) is 6.42 Å². The van der Waals surface area contributed by atoms with Gasteiger partial charge in [0.15, 0.2) is 10.8 Å². The highest BCUT2D eigenvalue weighted by Gasteiger charge is 2.44. The van der Waals surface area contributed by atoms with E-state index in [1.165, 1.54) is 15.2 Å². The lowest BCUT2D eigenvalue weighted by Crippen LogP contribution is -2.39. The number of sulfonamides is 1. The van der Waals surface area contributed by atoms with Crippen LogP contribution in [0.5, 0.6) is 0 Å². The molecule has 9 heteroatoms. The number of aromatic nitrogens is 2. The molecule has 0 saturated carbocycles. The van der Waals surface area contributed by atoms with Crippen LogP contribution in [0.25, 0.3) is 0 Å². The standard InChI is InChI=1S/C10H17N5O3S/c1-10(9(12)16)3-4-15(5-10)19(17,18)8-7(11)13-6-14(8)2/h6H,3-5,11H2,1-2H3,(H2,12,16). The number of anilines is 1. The summed E-state index contributed by atoms with van der Waals surface area (Å²) in [7, 11) is -2.21. The molecule has 106 valence electrons. The first-order valence-electron chi connectivity index (χ1n) is 5.75. The highest BCUT2D eigenvalue weighted by atomic mass is 32.2. The van der Waals surface area contributed by atoms with Crippen molar-refractivity contribution in [2.45, 2.75) is 18.4 Å². The molecule has 8 nitrogen and oxygen atoms in total. The predicted molar refractivity (Wildman–Crippen MR) is 68.3 cm³/mol. The van der Waals surface area contributed by atoms with Crippen LogP contribution in [0.4, 0.5) is 5.82 Å². The van der Waals surface area contributed by atoms with Crippen molar-refractivity contribution in [1.82, 2.24) is 13.9 Å². The van der Waals surface area contributed by atoms with E-state index < -0.39 is 21.3 Å². The lowest BCUT2D eigenvalue weighted by molar-refractivity contribution is -0.126. The summed E-state index contributed by atoms with van der Waals surface area (Å²) < 4.78 is 27.5. The third-order valence-corrected chi connectivity index (χ3v) is 5.50. The maximum absolute atomic E-state index is 12.5. The molecule has 2 rings (SSSR count). The maximum Gasteiger partial charge on any atom is 0.262 e. The number of carbonyl (C=O) groups is 1. The number of aryl methyl sites for hydroxylation is 1. The van der Waals surface area contributed by atoms with Gasteiger partial charge < -0.3 is 16.0 Å². The Hall–Kier alpha value is -1.61. The van der Waals surface area contributed by atoms with E-state index in [1.807, 2.05) is 0 Å². The topological polar surface area (TPSA) is 124 Å². The van der Waals surface area contributed by atoms with E-state index in [2.05, 4.69) is 4.98 Å². The Morgan fingerprint density at radius 2 is 2.16 bits per heavy atom. The van der Waals surface area contributed by atoms with Gasteiger partial charge in [0.1, 0.15) is 0 Å². The third kappa shape index (κ3) is 2.08. The van der Waals surface area contributed by atoms with E-state index in [4.69, 9.17) is 11.5 Å². The highest BCUT2D eigenvalue weighted by molar-refractivity contribution is 7.89. The van der Waals surface area contributed by atoms with Crippen LogP contribution in [0, 0.1) is 5.41 Å². The summed E-state index contributed by atoms with van der Waals surface area (Å²) in [5.41, 5.74) is 10.1. The van der Waals surface area contributed by atoms with Gasteiger partial charge in [-0.15, -0.1) is 0 Å². The Bertz CT molecular complexity index is 604. The molecule has 1 atom stereocenters. The SMILES string of the molecule is Cn1cnc(N)c1S(=O)(=O)N1CCC(C)(C(N)=O)C1. The van der Waals surface area contributed by atoms with E-state index in [1.54, 1.807) is 14.0 Å². The molecule has 1 aromatic rings. The molecule has 0 bridgehead atoms. The van der Waals surface area contributed by atoms with E-state index >= 15 is 0 Å². The first-order valence-corrected chi connectivity index (χ1v) is 7.19. The van der Waals surface area contributed by atoms with Crippen molar-refractivity contribution in [2.75, 3.05) is 18.8 Å². The Morgan fingerprint density at radius 1 is 1.53 bits per heavy atom. The molecule has 1 amide bonds. The fraction of sp³-hybridized carbons (Fsp3) is 0.600. The number of hydrogen-bond acceptors (Lipinski definition) is 5. The van der Waals surface area contributed by atoms with Crippen LogP contribution in [0.3, 0.4) is 0 Å². The van der Waals surface area contributed by atoms with Gasteiger partial charge in [0.05, 0.1) is 11.7 Å². The lowest BCUT2D eigenvalue weighted by atomic mass is 9.89. The highest BCUT2D eigenvalue weighted by Crippen LogP contribution is 2.34. The molecule has 1 aliphatic rings. The van der Waals surface area contributed by atoms with Gasteiger partial charge in [-0.2, -0.15) is 4.31 Å². The van der Waals surface area contributed by atoms with E-state index in [9.17, 15) is 13.2 Å². The summed E-state index contributed by atoms with van der Waals surface area (Å²) in [6.45, 7) is 1.97. The molecule has 0 aromatic carbocycles. The number of rotatable bonds is 3. The van der Waals surface area contributed by atoms with Crippen LogP contribution >= 0.6 is 0 Å². The summed E-state index contributed by atoms with van der Waals surface area (Å²) in [6, 6.07) is 0. The van der Waals surface area contributed by atoms with Crippen molar-refractivity contribution in [3.63, 3.8) is 0 Å². The zero-order valence-corrected chi connectivity index (χ0v) is 11.6. The van der Waals surface area contributed by atoms with Gasteiger partial charge in [0.25, 0.3) is 10.0 Å². The number of nitrogen functional groups attached to an aromatic ring is 1. The van der Waals surface area contributed by atoms with Crippen molar-refractivity contribution in [2.24, 2.45) is 18.2 Å². The molecule has 1 fully saturated rings. The van der Waals surface area contributed by atoms with Gasteiger partial charge in [0, 0.05) is 20.1 Å². The average Bonchev–Trinajstić information content (AvgIpc) is 2.84. The van der Waals surface area contributed by atoms with Crippen molar-refractivity contribution < 1.29 is 13.2 Å². The second-order valence-corrected chi connectivity index (χ2v) is 6.91. The summed E-state index contributed by atoms with van der Waals surface area (Å²) in [5.74, 6) is -0.543. The van der Waals surface area contributed by atoms with Crippen molar-refractivity contribution in [1.29, 1.82) is 0 Å². The number of nitrogens with zero attached hydrogens (tertiary/aromatic N) is 3. The quantitative estimate of drug-likeness (QED) is 0.729. The van der Waals surface area contributed by atoms with Gasteiger partial charge in [-0.1, -0.05) is 0 Å². The molecule has 0 spiro atoms. The zero-order chi connectivity index (χ0) is 14.4. The molecule has 0 radical (unpaired) electrons. The van der Waals surface area contributed by atoms with Crippen LogP contribution in [0.15, 0.2) is 11.4 Å². The molecule has 2 heterocycles. The fourth-order valence-corrected chi connectivity index (χ4v) is 3.96. The average molecular weight is 287 g/mol. The number of carbonyl (C=O) groups excluding carboxylic acids is 1. The van der Waals surface area contributed by atoms with Crippen molar-refractivity contribution in [3.8, 4) is 0 Å². The van der Waals surface area contributed by atoms with E-state index in [-0.39, 0.29) is 23.9 Å². The summed E-state index contributed by atoms with van der Waals surface area (Å²) in [6.07, 6.45) is 1.74. The third-order valence-electron chi connectivity index (χ3n) is 3.53. The molecule has 0 aliphatic carbocycles. The summed E-state index contributed by atoms with van der Waals surface area (Å²) in [4.78, 5) is 15.1. The number of nitrogens with two attached hydrogens (primary N) is 2. The first kappa shape index (κ1) is 13.8. The Morgan fingerprint density at radius 3 is 2.58 bits per heavy atom. The molecular weight excluding hydrogens is 270 g/mol. The van der Waals surface area contributed by atoms with Crippen LogP contribution in [-0.4, -0.2) is 41.3 Å². The summed E-state index contributed by atoms with van der Waals surface area (Å²) in [5, 5.41) is -0.0544. The van der Waals surface area contributed by atoms with Crippen molar-refractivity contribution >= 4 is 21.7 Å². The molecule has 19 heavy (non-hydrogen) atoms. The van der Waals surface area contributed by atoms with Gasteiger partial charge in [-0.3, -0.25) is 4.79 Å². The van der Waals surface area contributed by atoms with Crippen LogP contribution in [0.2, 0.25) is 0 Å². The largest absolute Gasteiger partial charge is 0.381 e. The Kier molecular flexibility index (Phi) is 3.06. The molecule has 4 N–H and O–H groups in total. The molecule has 1 unspecified atom stereocenters. The Balaban J connectivity index is 2.36. The van der Waals surface area contributed by atoms with E-state index in [0.717, 1.165) is 0 Å². The minimum Gasteiger partial charge on any atom is -0.381 e. The molecule has 1 aliphatic heterocycles. The fourth-order valence-electron chi connectivity index (χ4n) is 2.20. The maximum atomic E-state index is 12.5. The summed E-state index contributed by atoms with van der Waals surface area (Å²) >= 11 is 0.